The van der Waals surface area contributed by atoms with Crippen LogP contribution in [-0.4, -0.2) is 58.0 Å². The summed E-state index contributed by atoms with van der Waals surface area (Å²) in [5.74, 6) is -0.354. The van der Waals surface area contributed by atoms with Gasteiger partial charge in [0, 0.05) is 34.3 Å². The Morgan fingerprint density at radius 1 is 0.905 bits per heavy atom. The molecule has 0 bridgehead atoms. The molecule has 3 rings (SSSR count). The van der Waals surface area contributed by atoms with Crippen molar-refractivity contribution >= 4 is 50.7 Å². The number of halogens is 2. The van der Waals surface area contributed by atoms with Gasteiger partial charge in [-0.3, -0.25) is 13.9 Å². The molecule has 0 spiro atoms. The molecule has 0 radical (unpaired) electrons. The molecule has 1 N–H and O–H groups in total. The zero-order chi connectivity index (χ0) is 31.0. The molecule has 0 heterocycles. The van der Waals surface area contributed by atoms with Crippen LogP contribution >= 0.6 is 23.2 Å². The van der Waals surface area contributed by atoms with Crippen LogP contribution in [0.25, 0.3) is 0 Å². The molecule has 2 amide bonds. The van der Waals surface area contributed by atoms with Crippen LogP contribution in [-0.2, 0) is 26.2 Å². The average Bonchev–Trinajstić information content (AvgIpc) is 2.96. The van der Waals surface area contributed by atoms with Gasteiger partial charge in [0.2, 0.25) is 11.8 Å². The molecular weight excluding hydrogens is 601 g/mol. The lowest BCUT2D eigenvalue weighted by atomic mass is 10.1. The highest BCUT2D eigenvalue weighted by atomic mass is 35.5. The van der Waals surface area contributed by atoms with Gasteiger partial charge in [0.1, 0.15) is 12.6 Å². The van der Waals surface area contributed by atoms with Crippen molar-refractivity contribution in [2.45, 2.75) is 50.7 Å². The van der Waals surface area contributed by atoms with Gasteiger partial charge in [-0.2, -0.15) is 0 Å². The van der Waals surface area contributed by atoms with Crippen LogP contribution in [0.3, 0.4) is 0 Å². The number of rotatable bonds is 13. The molecule has 1 unspecified atom stereocenters. The number of sulfonamides is 1. The highest BCUT2D eigenvalue weighted by Crippen LogP contribution is 2.34. The third kappa shape index (κ3) is 7.67. The Morgan fingerprint density at radius 2 is 1.52 bits per heavy atom. The number of nitrogens with zero attached hydrogens (tertiary/aromatic N) is 2. The number of amides is 2. The van der Waals surface area contributed by atoms with Gasteiger partial charge in [0.15, 0.2) is 11.5 Å². The van der Waals surface area contributed by atoms with E-state index >= 15 is 0 Å². The molecule has 9 nitrogen and oxygen atoms in total. The SMILES string of the molecule is CCC(C(=O)NC(C)C)N(Cc1c(Cl)cccc1Cl)C(=O)CN(c1ccc(OC)c(OC)c1)S(=O)(=O)c1ccccc1. The van der Waals surface area contributed by atoms with Crippen molar-refractivity contribution in [3.8, 4) is 11.5 Å². The maximum Gasteiger partial charge on any atom is 0.264 e. The Morgan fingerprint density at radius 3 is 2.07 bits per heavy atom. The first-order valence-electron chi connectivity index (χ1n) is 13.3. The minimum Gasteiger partial charge on any atom is -0.493 e. The van der Waals surface area contributed by atoms with Crippen molar-refractivity contribution in [3.05, 3.63) is 82.3 Å². The minimum atomic E-state index is -4.25. The van der Waals surface area contributed by atoms with Crippen LogP contribution in [0, 0.1) is 0 Å². The van der Waals surface area contributed by atoms with Gasteiger partial charge in [-0.15, -0.1) is 0 Å². The average molecular weight is 637 g/mol. The van der Waals surface area contributed by atoms with Gasteiger partial charge in [-0.1, -0.05) is 54.4 Å². The van der Waals surface area contributed by atoms with Gasteiger partial charge >= 0.3 is 0 Å². The number of benzene rings is 3. The second-order valence-electron chi connectivity index (χ2n) is 9.67. The monoisotopic (exact) mass is 635 g/mol. The van der Waals surface area contributed by atoms with Crippen molar-refractivity contribution < 1.29 is 27.5 Å². The molecule has 42 heavy (non-hydrogen) atoms. The first-order chi connectivity index (χ1) is 19.9. The molecule has 0 aliphatic rings. The predicted molar refractivity (Wildman–Crippen MR) is 165 cm³/mol. The fourth-order valence-corrected chi connectivity index (χ4v) is 6.33. The maximum atomic E-state index is 14.2. The third-order valence-electron chi connectivity index (χ3n) is 6.47. The van der Waals surface area contributed by atoms with E-state index in [1.54, 1.807) is 49.4 Å². The normalized spacial score (nSPS) is 12.0. The predicted octanol–water partition coefficient (Wildman–Crippen LogP) is 5.54. The Bertz CT molecular complexity index is 1480. The van der Waals surface area contributed by atoms with E-state index in [0.29, 0.717) is 21.4 Å². The molecule has 3 aromatic rings. The number of ether oxygens (including phenoxy) is 2. The Balaban J connectivity index is 2.15. The summed E-state index contributed by atoms with van der Waals surface area (Å²) in [5.41, 5.74) is 0.605. The Hall–Kier alpha value is -3.47. The molecular formula is C30H35Cl2N3O6S. The summed E-state index contributed by atoms with van der Waals surface area (Å²) < 4.78 is 39.7. The Kier molecular flexibility index (Phi) is 11.5. The van der Waals surface area contributed by atoms with E-state index in [4.69, 9.17) is 32.7 Å². The summed E-state index contributed by atoms with van der Waals surface area (Å²) >= 11 is 12.9. The summed E-state index contributed by atoms with van der Waals surface area (Å²) in [4.78, 5) is 28.8. The lowest BCUT2D eigenvalue weighted by Crippen LogP contribution is -2.53. The first-order valence-corrected chi connectivity index (χ1v) is 15.5. The van der Waals surface area contributed by atoms with E-state index in [-0.39, 0.29) is 41.2 Å². The highest BCUT2D eigenvalue weighted by Gasteiger charge is 2.34. The van der Waals surface area contributed by atoms with Gasteiger partial charge in [0.05, 0.1) is 24.8 Å². The zero-order valence-electron chi connectivity index (χ0n) is 24.1. The van der Waals surface area contributed by atoms with Crippen LogP contribution < -0.4 is 19.1 Å². The zero-order valence-corrected chi connectivity index (χ0v) is 26.5. The summed E-state index contributed by atoms with van der Waals surface area (Å²) in [6.45, 7) is 4.65. The molecule has 0 aliphatic heterocycles. The second-order valence-corrected chi connectivity index (χ2v) is 12.3. The number of anilines is 1. The van der Waals surface area contributed by atoms with Crippen LogP contribution in [0.15, 0.2) is 71.6 Å². The summed E-state index contributed by atoms with van der Waals surface area (Å²) in [6.07, 6.45) is 0.258. The number of carbonyl (C=O) groups excluding carboxylic acids is 2. The van der Waals surface area contributed by atoms with Gasteiger partial charge < -0.3 is 19.7 Å². The molecule has 3 aromatic carbocycles. The second kappa shape index (κ2) is 14.6. The number of carbonyl (C=O) groups is 2. The number of hydrogen-bond donors (Lipinski definition) is 1. The van der Waals surface area contributed by atoms with Gasteiger partial charge in [-0.05, 0) is 56.7 Å². The molecule has 0 saturated carbocycles. The van der Waals surface area contributed by atoms with Gasteiger partial charge in [-0.25, -0.2) is 8.42 Å². The third-order valence-corrected chi connectivity index (χ3v) is 8.97. The fourth-order valence-electron chi connectivity index (χ4n) is 4.38. The van der Waals surface area contributed by atoms with E-state index < -0.39 is 28.5 Å². The molecule has 12 heteroatoms. The number of nitrogens with one attached hydrogen (secondary N) is 1. The van der Waals surface area contributed by atoms with Crippen molar-refractivity contribution in [1.29, 1.82) is 0 Å². The maximum absolute atomic E-state index is 14.2. The van der Waals surface area contributed by atoms with Crippen LogP contribution in [0.4, 0.5) is 5.69 Å². The lowest BCUT2D eigenvalue weighted by Gasteiger charge is -2.34. The molecule has 226 valence electrons. The summed E-state index contributed by atoms with van der Waals surface area (Å²) in [5, 5.41) is 3.48. The lowest BCUT2D eigenvalue weighted by molar-refractivity contribution is -0.140. The Labute approximate surface area is 257 Å². The van der Waals surface area contributed by atoms with E-state index in [1.165, 1.54) is 43.4 Å². The van der Waals surface area contributed by atoms with Crippen LogP contribution in [0.5, 0.6) is 11.5 Å². The van der Waals surface area contributed by atoms with Crippen LogP contribution in [0.2, 0.25) is 10.0 Å². The van der Waals surface area contributed by atoms with E-state index in [1.807, 2.05) is 13.8 Å². The van der Waals surface area contributed by atoms with E-state index in [9.17, 15) is 18.0 Å². The topological polar surface area (TPSA) is 105 Å². The first kappa shape index (κ1) is 33.0. The quantitative estimate of drug-likeness (QED) is 0.264. The molecule has 0 saturated heterocycles. The standard InChI is InChI=1S/C30H35Cl2N3O6S/c1-6-26(30(37)33-20(2)3)34(18-23-24(31)13-10-14-25(23)32)29(36)19-35(42(38,39)22-11-8-7-9-12-22)21-15-16-27(40-4)28(17-21)41-5/h7-17,20,26H,6,18-19H2,1-5H3,(H,33,37). The van der Waals surface area contributed by atoms with Crippen molar-refractivity contribution in [2.24, 2.45) is 0 Å². The molecule has 1 atom stereocenters. The van der Waals surface area contributed by atoms with Crippen molar-refractivity contribution in [1.82, 2.24) is 10.2 Å². The van der Waals surface area contributed by atoms with Crippen molar-refractivity contribution in [3.63, 3.8) is 0 Å². The highest BCUT2D eigenvalue weighted by molar-refractivity contribution is 7.92. The molecule has 0 aliphatic carbocycles. The van der Waals surface area contributed by atoms with E-state index in [0.717, 1.165) is 4.31 Å². The minimum absolute atomic E-state index is 0.0159. The smallest absolute Gasteiger partial charge is 0.264 e. The van der Waals surface area contributed by atoms with Gasteiger partial charge in [0.25, 0.3) is 10.0 Å². The number of methoxy groups -OCH3 is 2. The fraction of sp³-hybridized carbons (Fsp3) is 0.333. The molecule has 0 aromatic heterocycles. The largest absolute Gasteiger partial charge is 0.493 e. The summed E-state index contributed by atoms with van der Waals surface area (Å²) in [7, 11) is -1.36. The van der Waals surface area contributed by atoms with E-state index in [2.05, 4.69) is 5.32 Å². The van der Waals surface area contributed by atoms with Crippen LogP contribution in [0.1, 0.15) is 32.8 Å². The number of hydrogen-bond acceptors (Lipinski definition) is 6. The van der Waals surface area contributed by atoms with Crippen molar-refractivity contribution in [2.75, 3.05) is 25.1 Å². The summed E-state index contributed by atoms with van der Waals surface area (Å²) in [6, 6.07) is 16.1. The molecule has 0 fully saturated rings.